The maximum Gasteiger partial charge on any atom is 0.254 e. The first-order valence-electron chi connectivity index (χ1n) is 8.75. The van der Waals surface area contributed by atoms with Crippen molar-refractivity contribution in [2.45, 2.75) is 25.9 Å². The number of benzene rings is 1. The molecule has 0 unspecified atom stereocenters. The zero-order valence-electron chi connectivity index (χ0n) is 15.2. The van der Waals surface area contributed by atoms with E-state index in [-0.39, 0.29) is 5.91 Å². The van der Waals surface area contributed by atoms with E-state index >= 15 is 0 Å². The van der Waals surface area contributed by atoms with Crippen LogP contribution in [0.25, 0.3) is 0 Å². The number of carbonyl (C=O) groups is 1. The van der Waals surface area contributed by atoms with Crippen LogP contribution in [0, 0.1) is 0 Å². The van der Waals surface area contributed by atoms with Gasteiger partial charge in [0.2, 0.25) is 0 Å². The number of rotatable bonds is 7. The number of ether oxygens (including phenoxy) is 1. The van der Waals surface area contributed by atoms with Crippen molar-refractivity contribution in [1.82, 2.24) is 19.7 Å². The van der Waals surface area contributed by atoms with Crippen LogP contribution in [0.3, 0.4) is 0 Å². The standard InChI is InChI=1S/C18H24ClN5O2/c1-22(12-17-21-20-13-24(17)9-10-26-2)18(25)14-5-6-16(15(19)11-14)23-7-3-4-8-23/h5-6,11,13H,3-4,7-10,12H2,1-2H3. The molecule has 1 amide bonds. The molecule has 2 heterocycles. The van der Waals surface area contributed by atoms with Crippen molar-refractivity contribution in [2.75, 3.05) is 38.8 Å². The average Bonchev–Trinajstić information content (AvgIpc) is 3.31. The summed E-state index contributed by atoms with van der Waals surface area (Å²) in [6.45, 7) is 3.62. The van der Waals surface area contributed by atoms with Crippen molar-refractivity contribution in [3.8, 4) is 0 Å². The summed E-state index contributed by atoms with van der Waals surface area (Å²) in [6.07, 6.45) is 4.02. The lowest BCUT2D eigenvalue weighted by Gasteiger charge is -2.21. The van der Waals surface area contributed by atoms with Gasteiger partial charge in [-0.1, -0.05) is 11.6 Å². The molecule has 1 aliphatic heterocycles. The molecule has 1 saturated heterocycles. The molecule has 1 fully saturated rings. The number of carbonyl (C=O) groups excluding carboxylic acids is 1. The van der Waals surface area contributed by atoms with Crippen LogP contribution < -0.4 is 4.90 Å². The molecule has 0 bridgehead atoms. The van der Waals surface area contributed by atoms with Gasteiger partial charge in [0, 0.05) is 39.4 Å². The molecule has 3 rings (SSSR count). The van der Waals surface area contributed by atoms with Crippen molar-refractivity contribution in [3.05, 3.63) is 40.9 Å². The summed E-state index contributed by atoms with van der Waals surface area (Å²) in [6, 6.07) is 5.54. The highest BCUT2D eigenvalue weighted by atomic mass is 35.5. The summed E-state index contributed by atoms with van der Waals surface area (Å²) in [5.74, 6) is 0.624. The predicted octanol–water partition coefficient (Wildman–Crippen LogP) is 2.45. The minimum atomic E-state index is -0.0961. The van der Waals surface area contributed by atoms with Crippen LogP contribution in [-0.4, -0.2) is 59.4 Å². The van der Waals surface area contributed by atoms with Gasteiger partial charge in [-0.2, -0.15) is 0 Å². The number of hydrogen-bond acceptors (Lipinski definition) is 5. The van der Waals surface area contributed by atoms with Crippen molar-refractivity contribution in [3.63, 3.8) is 0 Å². The fourth-order valence-corrected chi connectivity index (χ4v) is 3.44. The Morgan fingerprint density at radius 2 is 2.12 bits per heavy atom. The normalized spacial score (nSPS) is 14.0. The first-order chi connectivity index (χ1) is 12.6. The molecule has 2 aromatic rings. The third-order valence-electron chi connectivity index (χ3n) is 4.60. The minimum Gasteiger partial charge on any atom is -0.383 e. The molecule has 140 valence electrons. The van der Waals surface area contributed by atoms with E-state index in [1.165, 1.54) is 12.8 Å². The highest BCUT2D eigenvalue weighted by Crippen LogP contribution is 2.30. The summed E-state index contributed by atoms with van der Waals surface area (Å²) >= 11 is 6.43. The van der Waals surface area contributed by atoms with Crippen molar-refractivity contribution < 1.29 is 9.53 Å². The van der Waals surface area contributed by atoms with Crippen LogP contribution in [-0.2, 0) is 17.8 Å². The molecule has 0 saturated carbocycles. The molecule has 7 nitrogen and oxygen atoms in total. The van der Waals surface area contributed by atoms with Gasteiger partial charge < -0.3 is 19.1 Å². The summed E-state index contributed by atoms with van der Waals surface area (Å²) in [5, 5.41) is 8.64. The van der Waals surface area contributed by atoms with E-state index in [4.69, 9.17) is 16.3 Å². The Labute approximate surface area is 158 Å². The first-order valence-corrected chi connectivity index (χ1v) is 9.13. The average molecular weight is 378 g/mol. The molecule has 0 radical (unpaired) electrons. The van der Waals surface area contributed by atoms with Crippen LogP contribution in [0.15, 0.2) is 24.5 Å². The zero-order valence-corrected chi connectivity index (χ0v) is 15.9. The van der Waals surface area contributed by atoms with E-state index in [1.807, 2.05) is 16.7 Å². The first kappa shape index (κ1) is 18.7. The second kappa shape index (κ2) is 8.51. The third-order valence-corrected chi connectivity index (χ3v) is 4.90. The van der Waals surface area contributed by atoms with Gasteiger partial charge in [0.1, 0.15) is 6.33 Å². The number of nitrogens with zero attached hydrogens (tertiary/aromatic N) is 5. The summed E-state index contributed by atoms with van der Waals surface area (Å²) in [5.41, 5.74) is 1.58. The molecular weight excluding hydrogens is 354 g/mol. The molecule has 0 N–H and O–H groups in total. The van der Waals surface area contributed by atoms with Gasteiger partial charge in [0.15, 0.2) is 5.82 Å². The van der Waals surface area contributed by atoms with Crippen LogP contribution in [0.2, 0.25) is 5.02 Å². The largest absolute Gasteiger partial charge is 0.383 e. The Kier molecular flexibility index (Phi) is 6.11. The number of aromatic nitrogens is 3. The van der Waals surface area contributed by atoms with Gasteiger partial charge in [-0.25, -0.2) is 0 Å². The molecule has 0 spiro atoms. The predicted molar refractivity (Wildman–Crippen MR) is 101 cm³/mol. The van der Waals surface area contributed by atoms with Gasteiger partial charge >= 0.3 is 0 Å². The lowest BCUT2D eigenvalue weighted by atomic mass is 10.1. The smallest absolute Gasteiger partial charge is 0.254 e. The fraction of sp³-hybridized carbons (Fsp3) is 0.500. The van der Waals surface area contributed by atoms with Crippen molar-refractivity contribution in [2.24, 2.45) is 0 Å². The van der Waals surface area contributed by atoms with E-state index in [1.54, 1.807) is 31.5 Å². The van der Waals surface area contributed by atoms with E-state index in [0.717, 1.165) is 24.6 Å². The summed E-state index contributed by atoms with van der Waals surface area (Å²) < 4.78 is 6.97. The quantitative estimate of drug-likeness (QED) is 0.741. The Hall–Kier alpha value is -2.12. The van der Waals surface area contributed by atoms with Crippen molar-refractivity contribution in [1.29, 1.82) is 0 Å². The van der Waals surface area contributed by atoms with Crippen LogP contribution >= 0.6 is 11.6 Å². The van der Waals surface area contributed by atoms with Crippen LogP contribution in [0.4, 0.5) is 5.69 Å². The van der Waals surface area contributed by atoms with Gasteiger partial charge in [-0.05, 0) is 31.0 Å². The Morgan fingerprint density at radius 3 is 2.81 bits per heavy atom. The van der Waals surface area contributed by atoms with Crippen molar-refractivity contribution >= 4 is 23.2 Å². The minimum absolute atomic E-state index is 0.0961. The number of anilines is 1. The maximum absolute atomic E-state index is 12.8. The topological polar surface area (TPSA) is 63.5 Å². The van der Waals surface area contributed by atoms with E-state index in [2.05, 4.69) is 15.1 Å². The summed E-state index contributed by atoms with van der Waals surface area (Å²) in [4.78, 5) is 16.6. The monoisotopic (exact) mass is 377 g/mol. The fourth-order valence-electron chi connectivity index (χ4n) is 3.14. The number of amides is 1. The molecule has 1 aromatic heterocycles. The lowest BCUT2D eigenvalue weighted by Crippen LogP contribution is -2.28. The maximum atomic E-state index is 12.8. The van der Waals surface area contributed by atoms with Gasteiger partial charge in [-0.15, -0.1) is 10.2 Å². The van der Waals surface area contributed by atoms with E-state index in [9.17, 15) is 4.79 Å². The highest BCUT2D eigenvalue weighted by molar-refractivity contribution is 6.33. The molecule has 8 heteroatoms. The van der Waals surface area contributed by atoms with Gasteiger partial charge in [0.25, 0.3) is 5.91 Å². The molecule has 1 aromatic carbocycles. The molecule has 1 aliphatic rings. The van der Waals surface area contributed by atoms with E-state index in [0.29, 0.717) is 30.3 Å². The Balaban J connectivity index is 1.68. The molecule has 0 atom stereocenters. The number of methoxy groups -OCH3 is 1. The highest BCUT2D eigenvalue weighted by Gasteiger charge is 2.19. The van der Waals surface area contributed by atoms with Crippen LogP contribution in [0.1, 0.15) is 29.0 Å². The second-order valence-electron chi connectivity index (χ2n) is 6.45. The molecule has 26 heavy (non-hydrogen) atoms. The summed E-state index contributed by atoms with van der Waals surface area (Å²) in [7, 11) is 3.40. The SMILES string of the molecule is COCCn1cnnc1CN(C)C(=O)c1ccc(N2CCCC2)c(Cl)c1. The Bertz CT molecular complexity index is 758. The second-order valence-corrected chi connectivity index (χ2v) is 6.86. The number of halogens is 1. The van der Waals surface area contributed by atoms with E-state index < -0.39 is 0 Å². The Morgan fingerprint density at radius 1 is 1.35 bits per heavy atom. The third kappa shape index (κ3) is 4.16. The lowest BCUT2D eigenvalue weighted by molar-refractivity contribution is 0.0779. The van der Waals surface area contributed by atoms with Gasteiger partial charge in [-0.3, -0.25) is 4.79 Å². The molecular formula is C18H24ClN5O2. The molecule has 0 aliphatic carbocycles. The van der Waals surface area contributed by atoms with Gasteiger partial charge in [0.05, 0.1) is 23.9 Å². The van der Waals surface area contributed by atoms with Crippen LogP contribution in [0.5, 0.6) is 0 Å². The number of hydrogen-bond donors (Lipinski definition) is 0. The zero-order chi connectivity index (χ0) is 18.5.